The zero-order valence-corrected chi connectivity index (χ0v) is 9.52. The summed E-state index contributed by atoms with van der Waals surface area (Å²) in [4.78, 5) is 0. The van der Waals surface area contributed by atoms with E-state index in [9.17, 15) is 0 Å². The molecule has 0 unspecified atom stereocenters. The van der Waals surface area contributed by atoms with Gasteiger partial charge in [0.15, 0.2) is 0 Å². The van der Waals surface area contributed by atoms with Crippen LogP contribution in [-0.4, -0.2) is 0 Å². The van der Waals surface area contributed by atoms with Crippen LogP contribution in [0.15, 0.2) is 12.2 Å². The summed E-state index contributed by atoms with van der Waals surface area (Å²) in [5.74, 6) is 0. The summed E-state index contributed by atoms with van der Waals surface area (Å²) in [5.41, 5.74) is 0.732. The minimum absolute atomic E-state index is 0.732. The monoisotopic (exact) mass is 193 g/mol. The molecule has 0 aliphatic carbocycles. The van der Waals surface area contributed by atoms with E-state index in [2.05, 4.69) is 19.6 Å². The molecule has 0 saturated carbocycles. The Bertz CT molecular complexity index is 176. The van der Waals surface area contributed by atoms with Gasteiger partial charge in [-0.2, -0.15) is 5.26 Å². The molecule has 0 aromatic heterocycles. The first-order valence-corrected chi connectivity index (χ1v) is 5.89. The van der Waals surface area contributed by atoms with Crippen molar-refractivity contribution in [2.24, 2.45) is 0 Å². The van der Waals surface area contributed by atoms with Crippen LogP contribution in [-0.2, 0) is 0 Å². The standard InChI is InChI=1S/C13H23N/c1-3-4-5-6-7-8-9-10-11-13(2)12-14/h2-11H2,1H3. The van der Waals surface area contributed by atoms with Crippen molar-refractivity contribution >= 4 is 0 Å². The Morgan fingerprint density at radius 2 is 1.50 bits per heavy atom. The van der Waals surface area contributed by atoms with Crippen LogP contribution >= 0.6 is 0 Å². The van der Waals surface area contributed by atoms with Crippen LogP contribution in [0.2, 0.25) is 0 Å². The van der Waals surface area contributed by atoms with Gasteiger partial charge < -0.3 is 0 Å². The molecule has 0 spiro atoms. The van der Waals surface area contributed by atoms with E-state index in [4.69, 9.17) is 5.26 Å². The molecule has 0 bridgehead atoms. The molecule has 0 N–H and O–H groups in total. The van der Waals surface area contributed by atoms with Gasteiger partial charge in [-0.1, -0.05) is 58.4 Å². The van der Waals surface area contributed by atoms with E-state index in [-0.39, 0.29) is 0 Å². The van der Waals surface area contributed by atoms with Crippen molar-refractivity contribution in [3.05, 3.63) is 12.2 Å². The topological polar surface area (TPSA) is 23.8 Å². The molecule has 1 heteroatoms. The molecule has 0 saturated heterocycles. The first-order valence-electron chi connectivity index (χ1n) is 5.89. The summed E-state index contributed by atoms with van der Waals surface area (Å²) in [7, 11) is 0. The van der Waals surface area contributed by atoms with Gasteiger partial charge in [-0.25, -0.2) is 0 Å². The fourth-order valence-electron chi connectivity index (χ4n) is 1.53. The zero-order chi connectivity index (χ0) is 10.6. The molecule has 0 aromatic rings. The van der Waals surface area contributed by atoms with Crippen LogP contribution < -0.4 is 0 Å². The maximum Gasteiger partial charge on any atom is 0.0940 e. The average Bonchev–Trinajstić information content (AvgIpc) is 2.21. The summed E-state index contributed by atoms with van der Waals surface area (Å²) >= 11 is 0. The molecule has 0 aliphatic rings. The minimum Gasteiger partial charge on any atom is -0.193 e. The molecule has 0 aromatic carbocycles. The largest absolute Gasteiger partial charge is 0.193 e. The van der Waals surface area contributed by atoms with Crippen LogP contribution in [0.1, 0.15) is 64.7 Å². The smallest absolute Gasteiger partial charge is 0.0940 e. The first-order chi connectivity index (χ1) is 6.81. The molecule has 0 aliphatic heterocycles. The SMILES string of the molecule is C=C(C#N)CCCCCCCCCC. The molecule has 80 valence electrons. The van der Waals surface area contributed by atoms with Crippen molar-refractivity contribution in [2.45, 2.75) is 64.7 Å². The Labute approximate surface area is 88.8 Å². The Morgan fingerprint density at radius 1 is 1.00 bits per heavy atom. The van der Waals surface area contributed by atoms with Crippen molar-refractivity contribution in [1.82, 2.24) is 0 Å². The van der Waals surface area contributed by atoms with Crippen LogP contribution in [0.5, 0.6) is 0 Å². The maximum absolute atomic E-state index is 8.49. The lowest BCUT2D eigenvalue weighted by Crippen LogP contribution is -1.82. The van der Waals surface area contributed by atoms with Crippen molar-refractivity contribution in [3.8, 4) is 6.07 Å². The lowest BCUT2D eigenvalue weighted by Gasteiger charge is -2.00. The highest BCUT2D eigenvalue weighted by Gasteiger charge is 1.93. The number of unbranched alkanes of at least 4 members (excludes halogenated alkanes) is 7. The normalized spacial score (nSPS) is 9.71. The van der Waals surface area contributed by atoms with Crippen LogP contribution in [0.4, 0.5) is 0 Å². The van der Waals surface area contributed by atoms with Crippen molar-refractivity contribution in [2.75, 3.05) is 0 Å². The van der Waals surface area contributed by atoms with Gasteiger partial charge in [-0.3, -0.25) is 0 Å². The maximum atomic E-state index is 8.49. The fraction of sp³-hybridized carbons (Fsp3) is 0.769. The Morgan fingerprint density at radius 3 is 2.00 bits per heavy atom. The quantitative estimate of drug-likeness (QED) is 0.388. The van der Waals surface area contributed by atoms with Gasteiger partial charge in [-0.15, -0.1) is 0 Å². The summed E-state index contributed by atoms with van der Waals surface area (Å²) in [6.07, 6.45) is 11.4. The molecule has 14 heavy (non-hydrogen) atoms. The highest BCUT2D eigenvalue weighted by molar-refractivity contribution is 5.14. The summed E-state index contributed by atoms with van der Waals surface area (Å²) < 4.78 is 0. The molecule has 0 fully saturated rings. The lowest BCUT2D eigenvalue weighted by atomic mass is 10.1. The third-order valence-electron chi connectivity index (χ3n) is 2.49. The third-order valence-corrected chi connectivity index (χ3v) is 2.49. The second-order valence-electron chi connectivity index (χ2n) is 3.94. The van der Waals surface area contributed by atoms with Gasteiger partial charge in [0.05, 0.1) is 6.07 Å². The predicted molar refractivity (Wildman–Crippen MR) is 62.0 cm³/mol. The number of nitriles is 1. The van der Waals surface area contributed by atoms with Gasteiger partial charge in [0.2, 0.25) is 0 Å². The molecule has 0 atom stereocenters. The Kier molecular flexibility index (Phi) is 9.74. The molecule has 1 nitrogen and oxygen atoms in total. The molecule has 0 radical (unpaired) electrons. The predicted octanol–water partition coefficient (Wildman–Crippen LogP) is 4.60. The van der Waals surface area contributed by atoms with Crippen molar-refractivity contribution < 1.29 is 0 Å². The minimum atomic E-state index is 0.732. The Hall–Kier alpha value is -0.770. The van der Waals surface area contributed by atoms with E-state index in [1.807, 2.05) is 0 Å². The average molecular weight is 193 g/mol. The summed E-state index contributed by atoms with van der Waals surface area (Å²) in [5, 5.41) is 8.49. The van der Waals surface area contributed by atoms with Crippen molar-refractivity contribution in [1.29, 1.82) is 5.26 Å². The number of hydrogen-bond acceptors (Lipinski definition) is 1. The number of hydrogen-bond donors (Lipinski definition) is 0. The van der Waals surface area contributed by atoms with E-state index in [0.717, 1.165) is 18.4 Å². The van der Waals surface area contributed by atoms with Gasteiger partial charge in [0, 0.05) is 5.57 Å². The van der Waals surface area contributed by atoms with Crippen LogP contribution in [0.3, 0.4) is 0 Å². The van der Waals surface area contributed by atoms with Crippen molar-refractivity contribution in [3.63, 3.8) is 0 Å². The molecule has 0 rings (SSSR count). The van der Waals surface area contributed by atoms with E-state index < -0.39 is 0 Å². The van der Waals surface area contributed by atoms with Gasteiger partial charge in [0.25, 0.3) is 0 Å². The van der Waals surface area contributed by atoms with E-state index in [1.165, 1.54) is 44.9 Å². The zero-order valence-electron chi connectivity index (χ0n) is 9.52. The second-order valence-corrected chi connectivity index (χ2v) is 3.94. The molecule has 0 heterocycles. The van der Waals surface area contributed by atoms with Crippen LogP contribution in [0.25, 0.3) is 0 Å². The molecule has 0 amide bonds. The molecular weight excluding hydrogens is 170 g/mol. The van der Waals surface area contributed by atoms with Gasteiger partial charge in [0.1, 0.15) is 0 Å². The third kappa shape index (κ3) is 9.32. The fourth-order valence-corrected chi connectivity index (χ4v) is 1.53. The number of nitrogens with zero attached hydrogens (tertiary/aromatic N) is 1. The lowest BCUT2D eigenvalue weighted by molar-refractivity contribution is 0.576. The second kappa shape index (κ2) is 10.3. The van der Waals surface area contributed by atoms with E-state index in [0.29, 0.717) is 0 Å². The van der Waals surface area contributed by atoms with Gasteiger partial charge >= 0.3 is 0 Å². The highest BCUT2D eigenvalue weighted by Crippen LogP contribution is 2.11. The van der Waals surface area contributed by atoms with Crippen LogP contribution in [0, 0.1) is 11.3 Å². The highest BCUT2D eigenvalue weighted by atomic mass is 14.2. The first kappa shape index (κ1) is 13.2. The Balaban J connectivity index is 3.00. The summed E-state index contributed by atoms with van der Waals surface area (Å²) in [6.45, 7) is 5.91. The number of rotatable bonds is 9. The van der Waals surface area contributed by atoms with Gasteiger partial charge in [-0.05, 0) is 12.8 Å². The van der Waals surface area contributed by atoms with E-state index >= 15 is 0 Å². The number of allylic oxidation sites excluding steroid dienone is 1. The molecular formula is C13H23N. The summed E-state index contributed by atoms with van der Waals surface area (Å²) in [6, 6.07) is 2.09. The van der Waals surface area contributed by atoms with E-state index in [1.54, 1.807) is 0 Å².